The summed E-state index contributed by atoms with van der Waals surface area (Å²) in [6.07, 6.45) is 1.11. The molecule has 1 N–H and O–H groups in total. The van der Waals surface area contributed by atoms with Crippen LogP contribution in [0.1, 0.15) is 25.3 Å². The van der Waals surface area contributed by atoms with E-state index >= 15 is 0 Å². The summed E-state index contributed by atoms with van der Waals surface area (Å²) in [5.74, 6) is -0.158. The van der Waals surface area contributed by atoms with E-state index in [0.717, 1.165) is 11.3 Å². The van der Waals surface area contributed by atoms with Crippen LogP contribution in [0, 0.1) is 5.92 Å². The molecule has 154 valence electrons. The number of amides is 1. The highest BCUT2D eigenvalue weighted by Crippen LogP contribution is 2.25. The van der Waals surface area contributed by atoms with Crippen molar-refractivity contribution in [2.45, 2.75) is 32.4 Å². The van der Waals surface area contributed by atoms with Gasteiger partial charge < -0.3 is 19.7 Å². The maximum atomic E-state index is 12.5. The summed E-state index contributed by atoms with van der Waals surface area (Å²) in [4.78, 5) is 26.6. The minimum Gasteiger partial charge on any atom is -0.464 e. The van der Waals surface area contributed by atoms with Crippen molar-refractivity contribution in [2.24, 2.45) is 5.92 Å². The second-order valence-corrected chi connectivity index (χ2v) is 7.10. The molecule has 1 aliphatic rings. The van der Waals surface area contributed by atoms with Crippen LogP contribution in [0.3, 0.4) is 0 Å². The van der Waals surface area contributed by atoms with Gasteiger partial charge in [-0.05, 0) is 43.4 Å². The summed E-state index contributed by atoms with van der Waals surface area (Å²) < 4.78 is 10.7. The molecule has 0 aliphatic carbocycles. The summed E-state index contributed by atoms with van der Waals surface area (Å²) in [6, 6.07) is 18.9. The molecule has 6 heteroatoms. The molecule has 1 amide bonds. The van der Waals surface area contributed by atoms with Gasteiger partial charge >= 0.3 is 12.1 Å². The van der Waals surface area contributed by atoms with Gasteiger partial charge in [0.25, 0.3) is 0 Å². The Morgan fingerprint density at radius 1 is 1.00 bits per heavy atom. The molecule has 0 spiro atoms. The Morgan fingerprint density at radius 3 is 2.24 bits per heavy atom. The first-order chi connectivity index (χ1) is 14.2. The number of nitrogens with one attached hydrogen (secondary N) is 1. The van der Waals surface area contributed by atoms with Crippen LogP contribution < -0.4 is 5.32 Å². The van der Waals surface area contributed by atoms with Gasteiger partial charge in [-0.25, -0.2) is 9.59 Å². The van der Waals surface area contributed by atoms with Crippen molar-refractivity contribution in [1.82, 2.24) is 4.90 Å². The Kier molecular flexibility index (Phi) is 7.50. The molecule has 2 aromatic carbocycles. The minimum absolute atomic E-state index is 0.0902. The molecule has 1 atom stereocenters. The largest absolute Gasteiger partial charge is 0.464 e. The predicted octanol–water partition coefficient (Wildman–Crippen LogP) is 4.08. The van der Waals surface area contributed by atoms with Crippen molar-refractivity contribution < 1.29 is 19.1 Å². The van der Waals surface area contributed by atoms with E-state index in [1.165, 1.54) is 0 Å². The Bertz CT molecular complexity index is 774. The van der Waals surface area contributed by atoms with E-state index in [2.05, 4.69) is 5.32 Å². The number of esters is 1. The van der Waals surface area contributed by atoms with Gasteiger partial charge in [-0.2, -0.15) is 0 Å². The number of likely N-dealkylation sites (tertiary alicyclic amines) is 1. The number of rotatable bonds is 7. The van der Waals surface area contributed by atoms with Gasteiger partial charge in [-0.1, -0.05) is 48.5 Å². The van der Waals surface area contributed by atoms with Crippen molar-refractivity contribution in [2.75, 3.05) is 25.0 Å². The third-order valence-electron chi connectivity index (χ3n) is 5.11. The van der Waals surface area contributed by atoms with Gasteiger partial charge in [-0.3, -0.25) is 0 Å². The van der Waals surface area contributed by atoms with Gasteiger partial charge in [-0.15, -0.1) is 0 Å². The lowest BCUT2D eigenvalue weighted by Gasteiger charge is -2.35. The Morgan fingerprint density at radius 2 is 1.62 bits per heavy atom. The van der Waals surface area contributed by atoms with Crippen molar-refractivity contribution in [3.8, 4) is 0 Å². The number of anilines is 1. The normalized spacial score (nSPS) is 15.4. The number of benzene rings is 2. The average Bonchev–Trinajstić information content (AvgIpc) is 2.77. The molecular formula is C23H28N2O4. The third kappa shape index (κ3) is 5.98. The SMILES string of the molecule is CCOC(=O)C(Nc1ccccc1)C1CCN(C(=O)OCc2ccccc2)CC1. The smallest absolute Gasteiger partial charge is 0.410 e. The van der Waals surface area contributed by atoms with E-state index in [9.17, 15) is 9.59 Å². The number of carbonyl (C=O) groups excluding carboxylic acids is 2. The fourth-order valence-corrected chi connectivity index (χ4v) is 3.54. The summed E-state index contributed by atoms with van der Waals surface area (Å²) in [5.41, 5.74) is 1.85. The third-order valence-corrected chi connectivity index (χ3v) is 5.11. The second-order valence-electron chi connectivity index (χ2n) is 7.10. The first kappa shape index (κ1) is 20.7. The first-order valence-electron chi connectivity index (χ1n) is 10.1. The van der Waals surface area contributed by atoms with Gasteiger partial charge in [0.2, 0.25) is 0 Å². The average molecular weight is 396 g/mol. The van der Waals surface area contributed by atoms with Crippen LogP contribution in [0.5, 0.6) is 0 Å². The highest BCUT2D eigenvalue weighted by Gasteiger charge is 2.34. The second kappa shape index (κ2) is 10.5. The molecule has 2 aromatic rings. The van der Waals surface area contributed by atoms with Gasteiger partial charge in [0.15, 0.2) is 0 Å². The summed E-state index contributed by atoms with van der Waals surface area (Å²) >= 11 is 0. The molecule has 0 radical (unpaired) electrons. The molecule has 3 rings (SSSR count). The molecule has 0 saturated carbocycles. The monoisotopic (exact) mass is 396 g/mol. The van der Waals surface area contributed by atoms with E-state index in [-0.39, 0.29) is 24.6 Å². The van der Waals surface area contributed by atoms with Crippen molar-refractivity contribution in [1.29, 1.82) is 0 Å². The molecular weight excluding hydrogens is 368 g/mol. The van der Waals surface area contributed by atoms with Crippen LogP contribution in [0.4, 0.5) is 10.5 Å². The summed E-state index contributed by atoms with van der Waals surface area (Å²) in [6.45, 7) is 3.54. The van der Waals surface area contributed by atoms with E-state index < -0.39 is 6.04 Å². The van der Waals surface area contributed by atoms with Crippen LogP contribution in [0.25, 0.3) is 0 Å². The number of hydrogen-bond acceptors (Lipinski definition) is 5. The van der Waals surface area contributed by atoms with Crippen LogP contribution in [0.2, 0.25) is 0 Å². The van der Waals surface area contributed by atoms with Crippen molar-refractivity contribution in [3.63, 3.8) is 0 Å². The molecule has 0 aromatic heterocycles. The van der Waals surface area contributed by atoms with Gasteiger partial charge in [0.1, 0.15) is 12.6 Å². The fourth-order valence-electron chi connectivity index (χ4n) is 3.54. The fraction of sp³-hybridized carbons (Fsp3) is 0.391. The van der Waals surface area contributed by atoms with Gasteiger partial charge in [0.05, 0.1) is 6.61 Å². The van der Waals surface area contributed by atoms with E-state index in [1.54, 1.807) is 4.90 Å². The minimum atomic E-state index is -0.431. The first-order valence-corrected chi connectivity index (χ1v) is 10.1. The van der Waals surface area contributed by atoms with E-state index in [4.69, 9.17) is 9.47 Å². The molecule has 1 unspecified atom stereocenters. The lowest BCUT2D eigenvalue weighted by molar-refractivity contribution is -0.145. The van der Waals surface area contributed by atoms with Crippen LogP contribution in [0.15, 0.2) is 60.7 Å². The number of nitrogens with zero attached hydrogens (tertiary/aromatic N) is 1. The Balaban J connectivity index is 1.54. The number of ether oxygens (including phenoxy) is 2. The van der Waals surface area contributed by atoms with E-state index in [0.29, 0.717) is 32.5 Å². The topological polar surface area (TPSA) is 67.9 Å². The number of hydrogen-bond donors (Lipinski definition) is 1. The number of para-hydroxylation sites is 1. The van der Waals surface area contributed by atoms with E-state index in [1.807, 2.05) is 67.6 Å². The van der Waals surface area contributed by atoms with Gasteiger partial charge in [0, 0.05) is 18.8 Å². The quantitative estimate of drug-likeness (QED) is 0.715. The molecule has 0 bridgehead atoms. The number of piperidine rings is 1. The molecule has 1 fully saturated rings. The Hall–Kier alpha value is -3.02. The zero-order valence-electron chi connectivity index (χ0n) is 16.8. The highest BCUT2D eigenvalue weighted by molar-refractivity contribution is 5.79. The standard InChI is InChI=1S/C23H28N2O4/c1-2-28-22(26)21(24-20-11-7-4-8-12-20)19-13-15-25(16-14-19)23(27)29-17-18-9-5-3-6-10-18/h3-12,19,21,24H,2,13-17H2,1H3. The zero-order valence-corrected chi connectivity index (χ0v) is 16.8. The Labute approximate surface area is 171 Å². The maximum Gasteiger partial charge on any atom is 0.410 e. The molecule has 1 saturated heterocycles. The van der Waals surface area contributed by atoms with Crippen molar-refractivity contribution >= 4 is 17.7 Å². The number of carbonyl (C=O) groups is 2. The molecule has 1 aliphatic heterocycles. The van der Waals surface area contributed by atoms with Crippen LogP contribution in [-0.4, -0.2) is 42.7 Å². The molecule has 29 heavy (non-hydrogen) atoms. The predicted molar refractivity (Wildman–Crippen MR) is 111 cm³/mol. The van der Waals surface area contributed by atoms with Crippen LogP contribution >= 0.6 is 0 Å². The lowest BCUT2D eigenvalue weighted by Crippen LogP contribution is -2.46. The summed E-state index contributed by atoms with van der Waals surface area (Å²) in [7, 11) is 0. The highest BCUT2D eigenvalue weighted by atomic mass is 16.6. The summed E-state index contributed by atoms with van der Waals surface area (Å²) in [5, 5.41) is 3.31. The molecule has 6 nitrogen and oxygen atoms in total. The lowest BCUT2D eigenvalue weighted by atomic mass is 9.89. The maximum absolute atomic E-state index is 12.5. The molecule has 1 heterocycles. The van der Waals surface area contributed by atoms with Crippen molar-refractivity contribution in [3.05, 3.63) is 66.2 Å². The van der Waals surface area contributed by atoms with Crippen LogP contribution in [-0.2, 0) is 20.9 Å². The zero-order chi connectivity index (χ0) is 20.5.